The maximum atomic E-state index is 10.9. The molecule has 1 saturated heterocycles. The van der Waals surface area contributed by atoms with Crippen LogP contribution in [0.15, 0.2) is 30.3 Å². The summed E-state index contributed by atoms with van der Waals surface area (Å²) in [5, 5.41) is 2.98. The highest BCUT2D eigenvalue weighted by Crippen LogP contribution is 2.23. The molecule has 2 atom stereocenters. The first kappa shape index (κ1) is 13.4. The number of alkyl halides is 1. The lowest BCUT2D eigenvalue weighted by molar-refractivity contribution is -0.119. The third-order valence-electron chi connectivity index (χ3n) is 3.30. The van der Waals surface area contributed by atoms with Gasteiger partial charge in [-0.05, 0) is 5.56 Å². The summed E-state index contributed by atoms with van der Waals surface area (Å²) in [4.78, 5) is 13.3. The van der Waals surface area contributed by atoms with E-state index in [0.29, 0.717) is 12.5 Å². The Hall–Kier alpha value is -1.06. The summed E-state index contributed by atoms with van der Waals surface area (Å²) in [6, 6.07) is 10.4. The van der Waals surface area contributed by atoms with Gasteiger partial charge in [-0.15, -0.1) is 11.6 Å². The molecule has 0 aromatic heterocycles. The number of nitrogens with one attached hydrogen (secondary N) is 1. The van der Waals surface area contributed by atoms with E-state index in [1.165, 1.54) is 5.56 Å². The molecule has 98 valence electrons. The quantitative estimate of drug-likeness (QED) is 0.844. The number of carbonyl (C=O) groups is 1. The van der Waals surface area contributed by atoms with Crippen LogP contribution in [0, 0.1) is 5.92 Å². The molecule has 4 heteroatoms. The zero-order valence-corrected chi connectivity index (χ0v) is 11.4. The second-order valence-corrected chi connectivity index (χ2v) is 5.45. The average molecular weight is 267 g/mol. The number of rotatable bonds is 4. The van der Waals surface area contributed by atoms with Crippen molar-refractivity contribution in [2.24, 2.45) is 5.92 Å². The maximum absolute atomic E-state index is 10.9. The van der Waals surface area contributed by atoms with Crippen LogP contribution in [-0.4, -0.2) is 35.8 Å². The first-order chi connectivity index (χ1) is 8.65. The Morgan fingerprint density at radius 3 is 2.78 bits per heavy atom. The topological polar surface area (TPSA) is 32.3 Å². The Morgan fingerprint density at radius 1 is 1.39 bits per heavy atom. The number of nitrogens with zero attached hydrogens (tertiary/aromatic N) is 1. The van der Waals surface area contributed by atoms with Crippen molar-refractivity contribution in [1.29, 1.82) is 0 Å². The minimum atomic E-state index is 0.0142. The van der Waals surface area contributed by atoms with Crippen molar-refractivity contribution < 1.29 is 4.79 Å². The lowest BCUT2D eigenvalue weighted by Gasteiger charge is -2.15. The summed E-state index contributed by atoms with van der Waals surface area (Å²) in [6.07, 6.45) is 0. The normalized spacial score (nSPS) is 24.1. The molecule has 0 radical (unpaired) electrons. The number of likely N-dealkylation sites (tertiary alicyclic amines) is 1. The van der Waals surface area contributed by atoms with Crippen molar-refractivity contribution in [3.05, 3.63) is 35.9 Å². The minimum absolute atomic E-state index is 0.0142. The molecule has 1 N–H and O–H groups in total. The highest BCUT2D eigenvalue weighted by atomic mass is 35.5. The van der Waals surface area contributed by atoms with E-state index in [-0.39, 0.29) is 11.3 Å². The van der Waals surface area contributed by atoms with E-state index < -0.39 is 0 Å². The predicted molar refractivity (Wildman–Crippen MR) is 73.5 cm³/mol. The third-order valence-corrected chi connectivity index (χ3v) is 3.79. The second-order valence-electron chi connectivity index (χ2n) is 4.89. The van der Waals surface area contributed by atoms with Gasteiger partial charge in [0.15, 0.2) is 0 Å². The molecule has 1 fully saturated rings. The van der Waals surface area contributed by atoms with Gasteiger partial charge in [-0.3, -0.25) is 9.69 Å². The summed E-state index contributed by atoms with van der Waals surface area (Å²) >= 11 is 6.33. The van der Waals surface area contributed by atoms with E-state index in [1.54, 1.807) is 6.92 Å². The fourth-order valence-electron chi connectivity index (χ4n) is 2.35. The van der Waals surface area contributed by atoms with Crippen LogP contribution < -0.4 is 5.32 Å². The van der Waals surface area contributed by atoms with Crippen molar-refractivity contribution >= 4 is 17.5 Å². The predicted octanol–water partition coefficient (Wildman–Crippen LogP) is 1.86. The first-order valence-corrected chi connectivity index (χ1v) is 6.73. The van der Waals surface area contributed by atoms with Gasteiger partial charge in [0.05, 0.1) is 5.38 Å². The standard InChI is InChI=1S/C14H19ClN2O/c1-11(18)16-7-13-9-17(10-14(13)15)8-12-5-3-2-4-6-12/h2-6,13-14H,7-10H2,1H3,(H,16,18). The van der Waals surface area contributed by atoms with Crippen molar-refractivity contribution in [3.63, 3.8) is 0 Å². The Morgan fingerprint density at radius 2 is 2.11 bits per heavy atom. The number of hydrogen-bond donors (Lipinski definition) is 1. The molecule has 1 aliphatic heterocycles. The Bertz CT molecular complexity index is 396. The average Bonchev–Trinajstić information content (AvgIpc) is 2.68. The summed E-state index contributed by atoms with van der Waals surface area (Å²) < 4.78 is 0. The van der Waals surface area contributed by atoms with Gasteiger partial charge in [0, 0.05) is 39.0 Å². The molecule has 1 heterocycles. The summed E-state index contributed by atoms with van der Waals surface area (Å²) in [7, 11) is 0. The summed E-state index contributed by atoms with van der Waals surface area (Å²) in [6.45, 7) is 4.99. The Labute approximate surface area is 113 Å². The molecule has 0 bridgehead atoms. The van der Waals surface area contributed by atoms with Crippen LogP contribution in [0.3, 0.4) is 0 Å². The molecule has 1 aromatic rings. The fraction of sp³-hybridized carbons (Fsp3) is 0.500. The van der Waals surface area contributed by atoms with Gasteiger partial charge in [0.25, 0.3) is 0 Å². The van der Waals surface area contributed by atoms with E-state index in [9.17, 15) is 4.79 Å². The molecule has 3 nitrogen and oxygen atoms in total. The molecule has 2 unspecified atom stereocenters. The molecule has 0 saturated carbocycles. The monoisotopic (exact) mass is 266 g/mol. The fourth-order valence-corrected chi connectivity index (χ4v) is 2.72. The number of hydrogen-bond acceptors (Lipinski definition) is 2. The van der Waals surface area contributed by atoms with E-state index in [4.69, 9.17) is 11.6 Å². The van der Waals surface area contributed by atoms with E-state index in [1.807, 2.05) is 6.07 Å². The van der Waals surface area contributed by atoms with Gasteiger partial charge in [-0.2, -0.15) is 0 Å². The van der Waals surface area contributed by atoms with Gasteiger partial charge in [0.1, 0.15) is 0 Å². The maximum Gasteiger partial charge on any atom is 0.216 e. The zero-order valence-electron chi connectivity index (χ0n) is 10.6. The van der Waals surface area contributed by atoms with Gasteiger partial charge >= 0.3 is 0 Å². The smallest absolute Gasteiger partial charge is 0.216 e. The van der Waals surface area contributed by atoms with E-state index >= 15 is 0 Å². The van der Waals surface area contributed by atoms with Gasteiger partial charge in [0.2, 0.25) is 5.91 Å². The number of amides is 1. The van der Waals surface area contributed by atoms with E-state index in [0.717, 1.165) is 19.6 Å². The summed E-state index contributed by atoms with van der Waals surface area (Å²) in [5.41, 5.74) is 1.31. The second kappa shape index (κ2) is 6.21. The van der Waals surface area contributed by atoms with Crippen LogP contribution in [0.2, 0.25) is 0 Å². The molecular formula is C14H19ClN2O. The molecule has 1 aliphatic rings. The van der Waals surface area contributed by atoms with Crippen LogP contribution in [0.4, 0.5) is 0 Å². The largest absolute Gasteiger partial charge is 0.356 e. The SMILES string of the molecule is CC(=O)NCC1CN(Cc2ccccc2)CC1Cl. The minimum Gasteiger partial charge on any atom is -0.356 e. The van der Waals surface area contributed by atoms with Crippen molar-refractivity contribution in [2.45, 2.75) is 18.8 Å². The third kappa shape index (κ3) is 3.72. The molecule has 18 heavy (non-hydrogen) atoms. The lowest BCUT2D eigenvalue weighted by atomic mass is 10.1. The van der Waals surface area contributed by atoms with Crippen molar-refractivity contribution in [2.75, 3.05) is 19.6 Å². The van der Waals surface area contributed by atoms with Crippen LogP contribution in [0.25, 0.3) is 0 Å². The number of halogens is 1. The highest BCUT2D eigenvalue weighted by molar-refractivity contribution is 6.21. The van der Waals surface area contributed by atoms with E-state index in [2.05, 4.69) is 34.5 Å². The molecule has 2 rings (SSSR count). The lowest BCUT2D eigenvalue weighted by Crippen LogP contribution is -2.31. The molecule has 1 amide bonds. The van der Waals surface area contributed by atoms with Crippen molar-refractivity contribution in [3.8, 4) is 0 Å². The first-order valence-electron chi connectivity index (χ1n) is 6.30. The molecule has 1 aromatic carbocycles. The van der Waals surface area contributed by atoms with Crippen LogP contribution in [0.5, 0.6) is 0 Å². The molecular weight excluding hydrogens is 248 g/mol. The summed E-state index contributed by atoms with van der Waals surface area (Å²) in [5.74, 6) is 0.361. The van der Waals surface area contributed by atoms with Crippen LogP contribution in [0.1, 0.15) is 12.5 Å². The zero-order chi connectivity index (χ0) is 13.0. The van der Waals surface area contributed by atoms with Gasteiger partial charge < -0.3 is 5.32 Å². The molecule has 0 aliphatic carbocycles. The van der Waals surface area contributed by atoms with Gasteiger partial charge in [-0.1, -0.05) is 30.3 Å². The van der Waals surface area contributed by atoms with Crippen LogP contribution in [-0.2, 0) is 11.3 Å². The Balaban J connectivity index is 1.84. The number of benzene rings is 1. The van der Waals surface area contributed by atoms with Gasteiger partial charge in [-0.25, -0.2) is 0 Å². The number of carbonyl (C=O) groups excluding carboxylic acids is 1. The Kier molecular flexibility index (Phi) is 4.61. The molecule has 0 spiro atoms. The highest BCUT2D eigenvalue weighted by Gasteiger charge is 2.31. The van der Waals surface area contributed by atoms with Crippen LogP contribution >= 0.6 is 11.6 Å². The van der Waals surface area contributed by atoms with Crippen molar-refractivity contribution in [1.82, 2.24) is 10.2 Å².